The van der Waals surface area contributed by atoms with E-state index in [1.54, 1.807) is 0 Å². The SMILES string of the molecule is Cc1nnc(C(C2CC2)N(C)C)o1. The second kappa shape index (κ2) is 3.10. The third-order valence-electron chi connectivity index (χ3n) is 2.42. The normalized spacial score (nSPS) is 19.4. The predicted octanol–water partition coefficient (Wildman–Crippen LogP) is 1.39. The first-order chi connectivity index (χ1) is 6.18. The second-order valence-corrected chi connectivity index (χ2v) is 3.91. The molecule has 0 saturated heterocycles. The molecule has 13 heavy (non-hydrogen) atoms. The summed E-state index contributed by atoms with van der Waals surface area (Å²) in [5.74, 6) is 2.14. The summed E-state index contributed by atoms with van der Waals surface area (Å²) >= 11 is 0. The van der Waals surface area contributed by atoms with Crippen LogP contribution in [0.2, 0.25) is 0 Å². The Bertz CT molecular complexity index is 289. The Kier molecular flexibility index (Phi) is 2.07. The Morgan fingerprint density at radius 1 is 1.38 bits per heavy atom. The van der Waals surface area contributed by atoms with Crippen molar-refractivity contribution in [3.8, 4) is 0 Å². The number of rotatable bonds is 3. The summed E-state index contributed by atoms with van der Waals surface area (Å²) in [7, 11) is 4.12. The van der Waals surface area contributed by atoms with Gasteiger partial charge in [0.25, 0.3) is 0 Å². The average Bonchev–Trinajstić information content (AvgIpc) is 2.76. The van der Waals surface area contributed by atoms with Crippen molar-refractivity contribution < 1.29 is 4.42 Å². The van der Waals surface area contributed by atoms with Crippen LogP contribution in [0.1, 0.15) is 30.7 Å². The zero-order valence-corrected chi connectivity index (χ0v) is 8.32. The molecule has 1 fully saturated rings. The summed E-state index contributed by atoms with van der Waals surface area (Å²) in [4.78, 5) is 2.16. The van der Waals surface area contributed by atoms with Gasteiger partial charge in [-0.25, -0.2) is 0 Å². The Hall–Kier alpha value is -0.900. The maximum atomic E-state index is 5.44. The molecular weight excluding hydrogens is 166 g/mol. The van der Waals surface area contributed by atoms with Crippen LogP contribution in [0.25, 0.3) is 0 Å². The van der Waals surface area contributed by atoms with Crippen molar-refractivity contribution in [3.63, 3.8) is 0 Å². The molecule has 0 bridgehead atoms. The molecule has 0 N–H and O–H groups in total. The maximum Gasteiger partial charge on any atom is 0.233 e. The van der Waals surface area contributed by atoms with Gasteiger partial charge in [-0.05, 0) is 32.9 Å². The van der Waals surface area contributed by atoms with E-state index < -0.39 is 0 Å². The summed E-state index contributed by atoms with van der Waals surface area (Å²) in [5, 5.41) is 7.93. The van der Waals surface area contributed by atoms with Crippen LogP contribution in [0.15, 0.2) is 4.42 Å². The number of nitrogens with zero attached hydrogens (tertiary/aromatic N) is 3. The van der Waals surface area contributed by atoms with E-state index in [9.17, 15) is 0 Å². The zero-order chi connectivity index (χ0) is 9.42. The molecule has 4 nitrogen and oxygen atoms in total. The first-order valence-corrected chi connectivity index (χ1v) is 4.65. The zero-order valence-electron chi connectivity index (χ0n) is 8.32. The lowest BCUT2D eigenvalue weighted by Crippen LogP contribution is -2.22. The van der Waals surface area contributed by atoms with Crippen LogP contribution in [0, 0.1) is 12.8 Å². The number of aryl methyl sites for hydroxylation is 1. The fourth-order valence-corrected chi connectivity index (χ4v) is 1.69. The van der Waals surface area contributed by atoms with Crippen molar-refractivity contribution in [1.82, 2.24) is 15.1 Å². The molecule has 1 aromatic heterocycles. The molecule has 1 unspecified atom stereocenters. The highest BCUT2D eigenvalue weighted by atomic mass is 16.4. The standard InChI is InChI=1S/C9H15N3O/c1-6-10-11-9(13-6)8(12(2)3)7-4-5-7/h7-8H,4-5H2,1-3H3. The highest BCUT2D eigenvalue weighted by Gasteiger charge is 2.37. The second-order valence-electron chi connectivity index (χ2n) is 3.91. The van der Waals surface area contributed by atoms with Crippen molar-refractivity contribution in [2.24, 2.45) is 5.92 Å². The van der Waals surface area contributed by atoms with Gasteiger partial charge in [0.2, 0.25) is 11.8 Å². The lowest BCUT2D eigenvalue weighted by Gasteiger charge is -2.19. The quantitative estimate of drug-likeness (QED) is 0.706. The molecule has 1 aliphatic rings. The van der Waals surface area contributed by atoms with Crippen LogP contribution in [-0.2, 0) is 0 Å². The fraction of sp³-hybridized carbons (Fsp3) is 0.778. The molecule has 0 aliphatic heterocycles. The molecule has 1 saturated carbocycles. The van der Waals surface area contributed by atoms with E-state index in [-0.39, 0.29) is 0 Å². The highest BCUT2D eigenvalue weighted by molar-refractivity contribution is 4.97. The van der Waals surface area contributed by atoms with Gasteiger partial charge < -0.3 is 4.42 Å². The van der Waals surface area contributed by atoms with Gasteiger partial charge in [0, 0.05) is 6.92 Å². The minimum atomic E-state index is 0.321. The van der Waals surface area contributed by atoms with Crippen LogP contribution in [0.4, 0.5) is 0 Å². The Balaban J connectivity index is 2.19. The Morgan fingerprint density at radius 3 is 2.46 bits per heavy atom. The van der Waals surface area contributed by atoms with Gasteiger partial charge in [0.15, 0.2) is 0 Å². The third-order valence-corrected chi connectivity index (χ3v) is 2.42. The highest BCUT2D eigenvalue weighted by Crippen LogP contribution is 2.42. The average molecular weight is 181 g/mol. The molecule has 1 aliphatic carbocycles. The smallest absolute Gasteiger partial charge is 0.233 e. The lowest BCUT2D eigenvalue weighted by atomic mass is 10.2. The summed E-state index contributed by atoms with van der Waals surface area (Å²) in [6.45, 7) is 1.83. The minimum absolute atomic E-state index is 0.321. The van der Waals surface area contributed by atoms with E-state index >= 15 is 0 Å². The van der Waals surface area contributed by atoms with Gasteiger partial charge in [-0.1, -0.05) is 0 Å². The van der Waals surface area contributed by atoms with E-state index in [2.05, 4.69) is 29.2 Å². The molecule has 4 heteroatoms. The Morgan fingerprint density at radius 2 is 2.08 bits per heavy atom. The molecule has 2 rings (SSSR count). The molecule has 1 aromatic rings. The van der Waals surface area contributed by atoms with Crippen LogP contribution in [0.3, 0.4) is 0 Å². The third kappa shape index (κ3) is 1.72. The maximum absolute atomic E-state index is 5.44. The van der Waals surface area contributed by atoms with Crippen LogP contribution < -0.4 is 0 Å². The van der Waals surface area contributed by atoms with Gasteiger partial charge in [-0.2, -0.15) is 0 Å². The van der Waals surface area contributed by atoms with Crippen LogP contribution in [0.5, 0.6) is 0 Å². The topological polar surface area (TPSA) is 42.2 Å². The van der Waals surface area contributed by atoms with Crippen molar-refractivity contribution in [2.45, 2.75) is 25.8 Å². The molecule has 1 heterocycles. The first kappa shape index (κ1) is 8.69. The lowest BCUT2D eigenvalue weighted by molar-refractivity contribution is 0.222. The largest absolute Gasteiger partial charge is 0.424 e. The van der Waals surface area contributed by atoms with E-state index in [4.69, 9.17) is 4.42 Å². The summed E-state index contributed by atoms with van der Waals surface area (Å²) in [5.41, 5.74) is 0. The number of hydrogen-bond acceptors (Lipinski definition) is 4. The summed E-state index contributed by atoms with van der Waals surface area (Å²) < 4.78 is 5.44. The Labute approximate surface area is 77.9 Å². The monoisotopic (exact) mass is 181 g/mol. The molecule has 72 valence electrons. The number of aromatic nitrogens is 2. The fourth-order valence-electron chi connectivity index (χ4n) is 1.69. The van der Waals surface area contributed by atoms with E-state index in [0.29, 0.717) is 11.9 Å². The molecule has 1 atom stereocenters. The van der Waals surface area contributed by atoms with Gasteiger partial charge in [0.1, 0.15) is 0 Å². The summed E-state index contributed by atoms with van der Waals surface area (Å²) in [6.07, 6.45) is 2.56. The van der Waals surface area contributed by atoms with Crippen molar-refractivity contribution >= 4 is 0 Å². The molecule has 0 spiro atoms. The van der Waals surface area contributed by atoms with Gasteiger partial charge in [-0.3, -0.25) is 4.90 Å². The van der Waals surface area contributed by atoms with Gasteiger partial charge in [-0.15, -0.1) is 10.2 Å². The molecule has 0 aromatic carbocycles. The van der Waals surface area contributed by atoms with Crippen molar-refractivity contribution in [2.75, 3.05) is 14.1 Å². The van der Waals surface area contributed by atoms with E-state index in [1.807, 2.05) is 6.92 Å². The minimum Gasteiger partial charge on any atom is -0.424 e. The van der Waals surface area contributed by atoms with E-state index in [0.717, 1.165) is 11.8 Å². The van der Waals surface area contributed by atoms with Crippen LogP contribution in [-0.4, -0.2) is 29.2 Å². The van der Waals surface area contributed by atoms with Gasteiger partial charge >= 0.3 is 0 Å². The van der Waals surface area contributed by atoms with Gasteiger partial charge in [0.05, 0.1) is 6.04 Å². The van der Waals surface area contributed by atoms with Crippen LogP contribution >= 0.6 is 0 Å². The van der Waals surface area contributed by atoms with Crippen molar-refractivity contribution in [1.29, 1.82) is 0 Å². The molecule has 0 radical (unpaired) electrons. The van der Waals surface area contributed by atoms with Crippen molar-refractivity contribution in [3.05, 3.63) is 11.8 Å². The summed E-state index contributed by atoms with van der Waals surface area (Å²) in [6, 6.07) is 0.321. The molecule has 0 amide bonds. The first-order valence-electron chi connectivity index (χ1n) is 4.65. The number of hydrogen-bond donors (Lipinski definition) is 0. The van der Waals surface area contributed by atoms with E-state index in [1.165, 1.54) is 12.8 Å². The molecular formula is C9H15N3O. The predicted molar refractivity (Wildman–Crippen MR) is 48.2 cm³/mol.